The van der Waals surface area contributed by atoms with Crippen LogP contribution >= 0.6 is 0 Å². The summed E-state index contributed by atoms with van der Waals surface area (Å²) in [7, 11) is 1.86. The normalized spacial score (nSPS) is 12.0. The first-order chi connectivity index (χ1) is 4.18. The van der Waals surface area contributed by atoms with Gasteiger partial charge in [-0.2, -0.15) is 0 Å². The highest BCUT2D eigenvalue weighted by molar-refractivity contribution is 4.76. The van der Waals surface area contributed by atoms with Crippen molar-refractivity contribution in [1.29, 1.82) is 0 Å². The summed E-state index contributed by atoms with van der Waals surface area (Å²) in [5.74, 6) is 0. The van der Waals surface area contributed by atoms with E-state index in [0.717, 1.165) is 12.8 Å². The number of hydrogen-bond donors (Lipinski definition) is 2. The van der Waals surface area contributed by atoms with Gasteiger partial charge in [0.05, 0.1) is 5.60 Å². The Morgan fingerprint density at radius 1 is 1.33 bits per heavy atom. The van der Waals surface area contributed by atoms with E-state index in [1.54, 1.807) is 0 Å². The first-order valence-electron chi connectivity index (χ1n) is 3.55. The van der Waals surface area contributed by atoms with E-state index in [1.807, 2.05) is 20.9 Å². The smallest absolute Gasteiger partial charge is 0.0766 e. The van der Waals surface area contributed by atoms with Crippen molar-refractivity contribution in [2.75, 3.05) is 13.6 Å². The zero-order chi connectivity index (χ0) is 7.33. The fourth-order valence-electron chi connectivity index (χ4n) is 0.829. The third-order valence-electron chi connectivity index (χ3n) is 1.82. The summed E-state index contributed by atoms with van der Waals surface area (Å²) in [5.41, 5.74) is -0.477. The van der Waals surface area contributed by atoms with Gasteiger partial charge in [-0.15, -0.1) is 0 Å². The molecule has 0 radical (unpaired) electrons. The van der Waals surface area contributed by atoms with Crippen molar-refractivity contribution in [2.24, 2.45) is 0 Å². The molecule has 0 bridgehead atoms. The molecule has 0 atom stereocenters. The van der Waals surface area contributed by atoms with E-state index < -0.39 is 5.60 Å². The molecule has 0 aromatic rings. The van der Waals surface area contributed by atoms with E-state index in [9.17, 15) is 5.11 Å². The molecule has 56 valence electrons. The highest BCUT2D eigenvalue weighted by Gasteiger charge is 2.19. The molecule has 0 rings (SSSR count). The number of aliphatic hydroxyl groups is 1. The second-order valence-electron chi connectivity index (χ2n) is 2.46. The van der Waals surface area contributed by atoms with Gasteiger partial charge in [-0.05, 0) is 19.9 Å². The Balaban J connectivity index is 3.62. The lowest BCUT2D eigenvalue weighted by molar-refractivity contribution is 0.0345. The summed E-state index contributed by atoms with van der Waals surface area (Å²) in [6.07, 6.45) is 1.65. The molecule has 9 heavy (non-hydrogen) atoms. The van der Waals surface area contributed by atoms with Crippen LogP contribution in [0, 0.1) is 0 Å². The maximum absolute atomic E-state index is 9.57. The molecule has 0 fully saturated rings. The van der Waals surface area contributed by atoms with Gasteiger partial charge in [0.1, 0.15) is 0 Å². The Morgan fingerprint density at radius 3 is 1.89 bits per heavy atom. The number of likely N-dealkylation sites (N-methyl/N-ethyl adjacent to an activating group) is 1. The van der Waals surface area contributed by atoms with E-state index in [-0.39, 0.29) is 0 Å². The quantitative estimate of drug-likeness (QED) is 0.590. The highest BCUT2D eigenvalue weighted by atomic mass is 16.3. The van der Waals surface area contributed by atoms with E-state index in [4.69, 9.17) is 0 Å². The molecule has 0 aromatic carbocycles. The fourth-order valence-corrected chi connectivity index (χ4v) is 0.829. The van der Waals surface area contributed by atoms with Crippen molar-refractivity contribution in [3.05, 3.63) is 0 Å². The summed E-state index contributed by atoms with van der Waals surface area (Å²) >= 11 is 0. The van der Waals surface area contributed by atoms with E-state index in [0.29, 0.717) is 6.54 Å². The molecule has 0 aliphatic heterocycles. The van der Waals surface area contributed by atoms with Crippen LogP contribution in [-0.4, -0.2) is 24.3 Å². The second kappa shape index (κ2) is 3.85. The monoisotopic (exact) mass is 131 g/mol. The summed E-state index contributed by atoms with van der Waals surface area (Å²) in [4.78, 5) is 0. The van der Waals surface area contributed by atoms with Gasteiger partial charge in [0.25, 0.3) is 0 Å². The molecule has 0 amide bonds. The Labute approximate surface area is 57.3 Å². The number of nitrogens with one attached hydrogen (secondary N) is 1. The predicted molar refractivity (Wildman–Crippen MR) is 39.5 cm³/mol. The van der Waals surface area contributed by atoms with Gasteiger partial charge in [0.15, 0.2) is 0 Å². The van der Waals surface area contributed by atoms with Crippen LogP contribution < -0.4 is 5.32 Å². The van der Waals surface area contributed by atoms with Crippen molar-refractivity contribution in [2.45, 2.75) is 32.3 Å². The second-order valence-corrected chi connectivity index (χ2v) is 2.46. The zero-order valence-electron chi connectivity index (χ0n) is 6.57. The van der Waals surface area contributed by atoms with E-state index in [1.165, 1.54) is 0 Å². The van der Waals surface area contributed by atoms with Gasteiger partial charge in [-0.25, -0.2) is 0 Å². The van der Waals surface area contributed by atoms with Crippen LogP contribution in [-0.2, 0) is 0 Å². The molecule has 2 nitrogen and oxygen atoms in total. The lowest BCUT2D eigenvalue weighted by Gasteiger charge is -2.24. The van der Waals surface area contributed by atoms with Gasteiger partial charge in [-0.3, -0.25) is 0 Å². The molecule has 0 heterocycles. The lowest BCUT2D eigenvalue weighted by atomic mass is 9.98. The van der Waals surface area contributed by atoms with Gasteiger partial charge < -0.3 is 10.4 Å². The summed E-state index contributed by atoms with van der Waals surface area (Å²) < 4.78 is 0. The maximum atomic E-state index is 9.57. The van der Waals surface area contributed by atoms with Gasteiger partial charge >= 0.3 is 0 Å². The minimum atomic E-state index is -0.477. The third kappa shape index (κ3) is 2.82. The van der Waals surface area contributed by atoms with Crippen LogP contribution in [0.25, 0.3) is 0 Å². The van der Waals surface area contributed by atoms with Crippen LogP contribution in [0.5, 0.6) is 0 Å². The maximum Gasteiger partial charge on any atom is 0.0766 e. The molecular formula is C7H17NO. The summed E-state index contributed by atoms with van der Waals surface area (Å²) in [6, 6.07) is 0. The Hall–Kier alpha value is -0.0800. The SMILES string of the molecule is CCC(O)(CC)CNC. The highest BCUT2D eigenvalue weighted by Crippen LogP contribution is 2.11. The average Bonchev–Trinajstić information content (AvgIpc) is 1.89. The fraction of sp³-hybridized carbons (Fsp3) is 1.00. The lowest BCUT2D eigenvalue weighted by Crippen LogP contribution is -2.37. The topological polar surface area (TPSA) is 32.3 Å². The van der Waals surface area contributed by atoms with Crippen molar-refractivity contribution in [3.63, 3.8) is 0 Å². The molecule has 0 unspecified atom stereocenters. The van der Waals surface area contributed by atoms with Gasteiger partial charge in [0, 0.05) is 6.54 Å². The number of hydrogen-bond acceptors (Lipinski definition) is 2. The summed E-state index contributed by atoms with van der Waals surface area (Å²) in [5, 5.41) is 12.5. The van der Waals surface area contributed by atoms with Crippen LogP contribution in [0.15, 0.2) is 0 Å². The molecule has 2 N–H and O–H groups in total. The van der Waals surface area contributed by atoms with Crippen molar-refractivity contribution < 1.29 is 5.11 Å². The largest absolute Gasteiger partial charge is 0.389 e. The number of rotatable bonds is 4. The molecular weight excluding hydrogens is 114 g/mol. The van der Waals surface area contributed by atoms with Crippen LogP contribution in [0.4, 0.5) is 0 Å². The summed E-state index contributed by atoms with van der Waals surface area (Å²) in [6.45, 7) is 4.70. The van der Waals surface area contributed by atoms with Crippen molar-refractivity contribution in [3.8, 4) is 0 Å². The van der Waals surface area contributed by atoms with Gasteiger partial charge in [0.2, 0.25) is 0 Å². The van der Waals surface area contributed by atoms with E-state index in [2.05, 4.69) is 5.32 Å². The zero-order valence-corrected chi connectivity index (χ0v) is 6.57. The predicted octanol–water partition coefficient (Wildman–Crippen LogP) is 0.757. The molecule has 0 saturated carbocycles. The van der Waals surface area contributed by atoms with Crippen LogP contribution in [0.1, 0.15) is 26.7 Å². The van der Waals surface area contributed by atoms with Crippen LogP contribution in [0.3, 0.4) is 0 Å². The standard InChI is InChI=1S/C7H17NO/c1-4-7(9,5-2)6-8-3/h8-9H,4-6H2,1-3H3. The molecule has 0 spiro atoms. The molecule has 2 heteroatoms. The average molecular weight is 131 g/mol. The molecule has 0 aliphatic rings. The Morgan fingerprint density at radius 2 is 1.78 bits per heavy atom. The first-order valence-corrected chi connectivity index (χ1v) is 3.55. The Kier molecular flexibility index (Phi) is 3.82. The minimum Gasteiger partial charge on any atom is -0.389 e. The van der Waals surface area contributed by atoms with Gasteiger partial charge in [-0.1, -0.05) is 13.8 Å². The van der Waals surface area contributed by atoms with Crippen LogP contribution in [0.2, 0.25) is 0 Å². The van der Waals surface area contributed by atoms with Crippen molar-refractivity contribution >= 4 is 0 Å². The molecule has 0 aromatic heterocycles. The minimum absolute atomic E-state index is 0.477. The van der Waals surface area contributed by atoms with E-state index >= 15 is 0 Å². The van der Waals surface area contributed by atoms with Crippen molar-refractivity contribution in [1.82, 2.24) is 5.32 Å². The molecule has 0 saturated heterocycles. The third-order valence-corrected chi connectivity index (χ3v) is 1.82. The first kappa shape index (κ1) is 8.92. The Bertz CT molecular complexity index is 69.3. The molecule has 0 aliphatic carbocycles.